The summed E-state index contributed by atoms with van der Waals surface area (Å²) in [5.41, 5.74) is 5.10. The van der Waals surface area contributed by atoms with Gasteiger partial charge in [-0.3, -0.25) is 9.36 Å². The molecule has 5 heterocycles. The van der Waals surface area contributed by atoms with Crippen molar-refractivity contribution in [1.29, 1.82) is 0 Å². The van der Waals surface area contributed by atoms with E-state index in [2.05, 4.69) is 51.3 Å². The van der Waals surface area contributed by atoms with Crippen molar-refractivity contribution in [2.75, 3.05) is 27.4 Å². The van der Waals surface area contributed by atoms with Crippen molar-refractivity contribution in [3.8, 4) is 11.5 Å². The number of rotatable bonds is 15. The highest BCUT2D eigenvalue weighted by molar-refractivity contribution is 5.98. The SMILES string of the molecule is COc1ccc(C(OC[C@H]2O[C@@H](n3cnc4c(CC(=O)c5ccccc5)ncnc43)CC2O[C@H]2O[C@H](c3ccccc3)[C@@H]3CCCN23)(c2ccccc2)c2ccc(OC)cc2)cc1. The van der Waals surface area contributed by atoms with Crippen LogP contribution in [0.4, 0.5) is 0 Å². The number of imidazole rings is 1. The van der Waals surface area contributed by atoms with Gasteiger partial charge in [-0.15, -0.1) is 0 Å². The van der Waals surface area contributed by atoms with E-state index >= 15 is 0 Å². The number of hydrogen-bond acceptors (Lipinski definition) is 11. The minimum absolute atomic E-state index is 0.0471. The third-order valence-corrected chi connectivity index (χ3v) is 12.6. The van der Waals surface area contributed by atoms with Gasteiger partial charge >= 0.3 is 0 Å². The van der Waals surface area contributed by atoms with Crippen LogP contribution in [-0.2, 0) is 31.0 Å². The Balaban J connectivity index is 1.01. The first-order chi connectivity index (χ1) is 31.0. The molecule has 0 radical (unpaired) electrons. The Morgan fingerprint density at radius 2 is 1.38 bits per heavy atom. The van der Waals surface area contributed by atoms with E-state index in [0.29, 0.717) is 28.8 Å². The molecule has 1 unspecified atom stereocenters. The standard InChI is InChI=1S/C51H49N5O7/c1-58-39-24-20-37(21-25-39)51(36-17-10-5-11-18-36,38-22-26-40(59-2)27-23-38)60-31-45-44(62-50-55-28-12-19-42(55)48(63-50)35-15-8-4-9-16-35)30-46(61-45)56-33-54-47-41(52-32-53-49(47)56)29-43(57)34-13-6-3-7-14-34/h3-11,13-18,20-27,32-33,42,44-46,48,50H,12,19,28-31H2,1-2H3/t42-,44?,45+,46+,48+,50-/m0/s1. The van der Waals surface area contributed by atoms with Crippen LogP contribution >= 0.6 is 0 Å². The summed E-state index contributed by atoms with van der Waals surface area (Å²) in [6.07, 6.45) is 3.58. The van der Waals surface area contributed by atoms with E-state index in [-0.39, 0.29) is 31.0 Å². The molecule has 6 atom stereocenters. The number of carbonyl (C=O) groups is 1. The lowest BCUT2D eigenvalue weighted by Gasteiger charge is -2.37. The van der Waals surface area contributed by atoms with Gasteiger partial charge in [-0.05, 0) is 59.4 Å². The Kier molecular flexibility index (Phi) is 11.5. The third-order valence-electron chi connectivity index (χ3n) is 12.6. The number of ketones is 1. The van der Waals surface area contributed by atoms with Gasteiger partial charge in [0.1, 0.15) is 47.4 Å². The van der Waals surface area contributed by atoms with Gasteiger partial charge in [0.05, 0.1) is 45.4 Å². The average Bonchev–Trinajstić information content (AvgIpc) is 4.16. The molecule has 3 aliphatic rings. The van der Waals surface area contributed by atoms with Gasteiger partial charge in [-0.1, -0.05) is 115 Å². The molecule has 320 valence electrons. The van der Waals surface area contributed by atoms with Crippen LogP contribution in [0.5, 0.6) is 11.5 Å². The molecule has 63 heavy (non-hydrogen) atoms. The largest absolute Gasteiger partial charge is 0.497 e. The molecule has 2 aromatic heterocycles. The topological polar surface area (TPSA) is 119 Å². The van der Waals surface area contributed by atoms with Crippen molar-refractivity contribution < 1.29 is 33.2 Å². The zero-order valence-electron chi connectivity index (χ0n) is 35.2. The summed E-state index contributed by atoms with van der Waals surface area (Å²) in [5, 5.41) is 0. The van der Waals surface area contributed by atoms with E-state index in [1.54, 1.807) is 20.5 Å². The van der Waals surface area contributed by atoms with Crippen molar-refractivity contribution >= 4 is 16.9 Å². The first-order valence-electron chi connectivity index (χ1n) is 21.5. The van der Waals surface area contributed by atoms with E-state index in [1.807, 2.05) is 108 Å². The first kappa shape index (κ1) is 40.8. The molecular weight excluding hydrogens is 795 g/mol. The highest BCUT2D eigenvalue weighted by Gasteiger charge is 2.50. The number of fused-ring (bicyclic) bond motifs is 2. The summed E-state index contributed by atoms with van der Waals surface area (Å²) in [6.45, 7) is 1.02. The summed E-state index contributed by atoms with van der Waals surface area (Å²) >= 11 is 0. The second-order valence-electron chi connectivity index (χ2n) is 16.2. The second-order valence-corrected chi connectivity index (χ2v) is 16.2. The van der Waals surface area contributed by atoms with Gasteiger partial charge in [0.2, 0.25) is 6.41 Å². The first-order valence-corrected chi connectivity index (χ1v) is 21.5. The van der Waals surface area contributed by atoms with Crippen LogP contribution in [0.15, 0.2) is 152 Å². The maximum atomic E-state index is 13.3. The molecule has 0 aliphatic carbocycles. The molecule has 12 nitrogen and oxygen atoms in total. The number of aromatic nitrogens is 4. The summed E-state index contributed by atoms with van der Waals surface area (Å²) in [4.78, 5) is 29.6. The molecule has 3 fully saturated rings. The fourth-order valence-electron chi connectivity index (χ4n) is 9.46. The molecular formula is C51H49N5O7. The van der Waals surface area contributed by atoms with Crippen molar-refractivity contribution in [2.24, 2.45) is 0 Å². The Morgan fingerprint density at radius 1 is 0.746 bits per heavy atom. The minimum atomic E-state index is -1.08. The summed E-state index contributed by atoms with van der Waals surface area (Å²) in [6, 6.07) is 46.0. The normalized spacial score (nSPS) is 22.3. The van der Waals surface area contributed by atoms with Crippen LogP contribution in [0, 0.1) is 0 Å². The van der Waals surface area contributed by atoms with E-state index in [1.165, 1.54) is 6.33 Å². The second kappa shape index (κ2) is 17.8. The molecule has 7 aromatic rings. The van der Waals surface area contributed by atoms with Crippen LogP contribution < -0.4 is 9.47 Å². The number of ether oxygens (including phenoxy) is 6. The lowest BCUT2D eigenvalue weighted by Crippen LogP contribution is -2.42. The van der Waals surface area contributed by atoms with Gasteiger partial charge in [0.15, 0.2) is 11.4 Å². The van der Waals surface area contributed by atoms with Crippen LogP contribution in [0.25, 0.3) is 11.2 Å². The van der Waals surface area contributed by atoms with E-state index < -0.39 is 30.5 Å². The molecule has 10 rings (SSSR count). The Morgan fingerprint density at radius 3 is 2.05 bits per heavy atom. The smallest absolute Gasteiger partial charge is 0.219 e. The molecule has 3 saturated heterocycles. The highest BCUT2D eigenvalue weighted by atomic mass is 16.7. The van der Waals surface area contributed by atoms with Gasteiger partial charge in [0, 0.05) is 24.6 Å². The highest BCUT2D eigenvalue weighted by Crippen LogP contribution is 2.46. The summed E-state index contributed by atoms with van der Waals surface area (Å²) in [7, 11) is 3.32. The van der Waals surface area contributed by atoms with Crippen LogP contribution in [0.3, 0.4) is 0 Å². The van der Waals surface area contributed by atoms with E-state index in [4.69, 9.17) is 33.4 Å². The Hall–Kier alpha value is -6.28. The average molecular weight is 844 g/mol. The predicted octanol–water partition coefficient (Wildman–Crippen LogP) is 8.47. The zero-order chi connectivity index (χ0) is 42.8. The molecule has 12 heteroatoms. The van der Waals surface area contributed by atoms with Crippen LogP contribution in [-0.4, -0.2) is 82.2 Å². The van der Waals surface area contributed by atoms with Crippen LogP contribution in [0.1, 0.15) is 69.9 Å². The summed E-state index contributed by atoms with van der Waals surface area (Å²) in [5.74, 6) is 1.43. The molecule has 0 amide bonds. The minimum Gasteiger partial charge on any atom is -0.497 e. The van der Waals surface area contributed by atoms with E-state index in [9.17, 15) is 4.79 Å². The van der Waals surface area contributed by atoms with E-state index in [0.717, 1.165) is 53.1 Å². The van der Waals surface area contributed by atoms with Gasteiger partial charge < -0.3 is 28.4 Å². The zero-order valence-corrected chi connectivity index (χ0v) is 35.2. The fourth-order valence-corrected chi connectivity index (χ4v) is 9.46. The molecule has 0 spiro atoms. The number of Topliss-reactive ketones (excluding diaryl/α,β-unsaturated/α-hetero) is 1. The molecule has 0 saturated carbocycles. The fraction of sp³-hybridized carbons (Fsp3) is 0.294. The van der Waals surface area contributed by atoms with Gasteiger partial charge in [0.25, 0.3) is 0 Å². The van der Waals surface area contributed by atoms with Crippen LogP contribution in [0.2, 0.25) is 0 Å². The maximum Gasteiger partial charge on any atom is 0.219 e. The lowest BCUT2D eigenvalue weighted by atomic mass is 9.80. The lowest BCUT2D eigenvalue weighted by molar-refractivity contribution is -0.224. The van der Waals surface area contributed by atoms with Gasteiger partial charge in [-0.25, -0.2) is 19.9 Å². The number of methoxy groups -OCH3 is 2. The predicted molar refractivity (Wildman–Crippen MR) is 235 cm³/mol. The molecule has 3 aliphatic heterocycles. The maximum absolute atomic E-state index is 13.3. The van der Waals surface area contributed by atoms with Crippen molar-refractivity contribution in [3.63, 3.8) is 0 Å². The van der Waals surface area contributed by atoms with Gasteiger partial charge in [-0.2, -0.15) is 0 Å². The van der Waals surface area contributed by atoms with Crippen molar-refractivity contribution in [3.05, 3.63) is 186 Å². The number of carbonyl (C=O) groups excluding carboxylic acids is 1. The number of hydrogen-bond donors (Lipinski definition) is 0. The third kappa shape index (κ3) is 7.89. The number of benzene rings is 5. The monoisotopic (exact) mass is 843 g/mol. The number of nitrogens with zero attached hydrogens (tertiary/aromatic N) is 5. The molecule has 5 aromatic carbocycles. The Bertz CT molecular complexity index is 2580. The quantitative estimate of drug-likeness (QED) is 0.0731. The van der Waals surface area contributed by atoms with Crippen molar-refractivity contribution in [2.45, 2.75) is 68.3 Å². The molecule has 0 bridgehead atoms. The Labute approximate surface area is 366 Å². The summed E-state index contributed by atoms with van der Waals surface area (Å²) < 4.78 is 41.5. The molecule has 0 N–H and O–H groups in total. The van der Waals surface area contributed by atoms with Crippen molar-refractivity contribution in [1.82, 2.24) is 24.4 Å².